The summed E-state index contributed by atoms with van der Waals surface area (Å²) in [6.07, 6.45) is 6.85. The van der Waals surface area contributed by atoms with Gasteiger partial charge in [0.05, 0.1) is 23.2 Å². The van der Waals surface area contributed by atoms with E-state index in [0.717, 1.165) is 22.1 Å². The molecular formula is C23H24N6OS. The summed E-state index contributed by atoms with van der Waals surface area (Å²) in [5.74, 6) is 0.261. The van der Waals surface area contributed by atoms with Crippen LogP contribution in [0.1, 0.15) is 29.7 Å². The van der Waals surface area contributed by atoms with Gasteiger partial charge < -0.3 is 5.32 Å². The lowest BCUT2D eigenvalue weighted by molar-refractivity contribution is -0.119. The Morgan fingerprint density at radius 1 is 1.16 bits per heavy atom. The highest BCUT2D eigenvalue weighted by Crippen LogP contribution is 2.24. The van der Waals surface area contributed by atoms with Gasteiger partial charge >= 0.3 is 0 Å². The number of aromatic nitrogens is 5. The van der Waals surface area contributed by atoms with E-state index in [2.05, 4.69) is 46.4 Å². The van der Waals surface area contributed by atoms with Crippen LogP contribution < -0.4 is 5.32 Å². The predicted molar refractivity (Wildman–Crippen MR) is 122 cm³/mol. The topological polar surface area (TPSA) is 77.6 Å². The Bertz CT molecular complexity index is 1170. The normalized spacial score (nSPS) is 12.0. The highest BCUT2D eigenvalue weighted by Gasteiger charge is 2.14. The average molecular weight is 433 g/mol. The zero-order valence-electron chi connectivity index (χ0n) is 17.7. The number of thioether (sulfide) groups is 1. The Morgan fingerprint density at radius 3 is 2.71 bits per heavy atom. The number of rotatable bonds is 7. The monoisotopic (exact) mass is 432 g/mol. The number of nitrogens with one attached hydrogen (secondary N) is 1. The zero-order valence-corrected chi connectivity index (χ0v) is 18.5. The Balaban J connectivity index is 1.37. The van der Waals surface area contributed by atoms with Crippen LogP contribution in [0.2, 0.25) is 0 Å². The Morgan fingerprint density at radius 2 is 1.97 bits per heavy atom. The number of carbonyl (C=O) groups excluding carboxylic acids is 1. The molecule has 1 atom stereocenters. The minimum absolute atomic E-state index is 0.0339. The molecule has 0 bridgehead atoms. The molecule has 0 saturated heterocycles. The fourth-order valence-corrected chi connectivity index (χ4v) is 4.11. The molecule has 0 saturated carbocycles. The van der Waals surface area contributed by atoms with Gasteiger partial charge in [-0.25, -0.2) is 14.6 Å². The number of carbonyl (C=O) groups is 1. The van der Waals surface area contributed by atoms with Crippen LogP contribution in [-0.4, -0.2) is 36.0 Å². The van der Waals surface area contributed by atoms with Gasteiger partial charge in [-0.1, -0.05) is 36.0 Å². The third kappa shape index (κ3) is 4.69. The molecule has 8 heteroatoms. The highest BCUT2D eigenvalue weighted by atomic mass is 32.2. The van der Waals surface area contributed by atoms with Crippen molar-refractivity contribution >= 4 is 17.7 Å². The fourth-order valence-electron chi connectivity index (χ4n) is 3.33. The van der Waals surface area contributed by atoms with Crippen molar-refractivity contribution in [1.29, 1.82) is 0 Å². The minimum Gasteiger partial charge on any atom is -0.349 e. The van der Waals surface area contributed by atoms with Crippen LogP contribution >= 0.6 is 11.8 Å². The fraction of sp³-hybridized carbons (Fsp3) is 0.217. The van der Waals surface area contributed by atoms with Gasteiger partial charge in [0.2, 0.25) is 5.91 Å². The molecule has 2 heterocycles. The van der Waals surface area contributed by atoms with Gasteiger partial charge in [-0.05, 0) is 55.7 Å². The van der Waals surface area contributed by atoms with Gasteiger partial charge in [0.25, 0.3) is 0 Å². The van der Waals surface area contributed by atoms with Crippen molar-refractivity contribution in [3.8, 4) is 11.4 Å². The molecule has 0 aliphatic rings. The first kappa shape index (κ1) is 20.9. The predicted octanol–water partition coefficient (Wildman–Crippen LogP) is 4.04. The van der Waals surface area contributed by atoms with Crippen LogP contribution in [-0.2, 0) is 4.79 Å². The first-order chi connectivity index (χ1) is 15.0. The van der Waals surface area contributed by atoms with Crippen LogP contribution in [0.25, 0.3) is 11.4 Å². The molecule has 158 valence electrons. The van der Waals surface area contributed by atoms with E-state index >= 15 is 0 Å². The van der Waals surface area contributed by atoms with Crippen molar-refractivity contribution in [2.45, 2.75) is 32.0 Å². The molecule has 4 rings (SSSR count). The molecule has 0 spiro atoms. The molecule has 0 aliphatic heterocycles. The van der Waals surface area contributed by atoms with Gasteiger partial charge in [-0.2, -0.15) is 5.10 Å². The molecule has 7 nitrogen and oxygen atoms in total. The Labute approximate surface area is 185 Å². The number of nitrogens with zero attached hydrogens (tertiary/aromatic N) is 5. The summed E-state index contributed by atoms with van der Waals surface area (Å²) in [5, 5.41) is 7.98. The van der Waals surface area contributed by atoms with E-state index in [0.29, 0.717) is 5.75 Å². The lowest BCUT2D eigenvalue weighted by Gasteiger charge is -2.15. The number of aryl methyl sites for hydroxylation is 1. The van der Waals surface area contributed by atoms with Crippen molar-refractivity contribution in [3.05, 3.63) is 84.2 Å². The SMILES string of the molecule is Cc1cccc(-n2ccnc2SCC(=O)NC(C)c2ccc(-n3cncn3)cc2)c1C. The van der Waals surface area contributed by atoms with Crippen LogP contribution in [0.4, 0.5) is 0 Å². The summed E-state index contributed by atoms with van der Waals surface area (Å²) >= 11 is 1.43. The summed E-state index contributed by atoms with van der Waals surface area (Å²) in [4.78, 5) is 20.9. The quantitative estimate of drug-likeness (QED) is 0.446. The maximum absolute atomic E-state index is 12.6. The van der Waals surface area contributed by atoms with Crippen LogP contribution in [0, 0.1) is 13.8 Å². The van der Waals surface area contributed by atoms with Gasteiger partial charge in [0, 0.05) is 12.4 Å². The van der Waals surface area contributed by atoms with E-state index in [4.69, 9.17) is 0 Å². The molecule has 2 aromatic carbocycles. The Hall–Kier alpha value is -3.39. The summed E-state index contributed by atoms with van der Waals surface area (Å²) in [7, 11) is 0. The van der Waals surface area contributed by atoms with E-state index in [1.54, 1.807) is 17.2 Å². The molecule has 0 aliphatic carbocycles. The smallest absolute Gasteiger partial charge is 0.230 e. The van der Waals surface area contributed by atoms with E-state index in [1.807, 2.05) is 48.0 Å². The van der Waals surface area contributed by atoms with E-state index in [1.165, 1.54) is 29.2 Å². The molecule has 1 N–H and O–H groups in total. The summed E-state index contributed by atoms with van der Waals surface area (Å²) in [6.45, 7) is 6.17. The van der Waals surface area contributed by atoms with Crippen LogP contribution in [0.5, 0.6) is 0 Å². The third-order valence-electron chi connectivity index (χ3n) is 5.23. The number of hydrogen-bond donors (Lipinski definition) is 1. The van der Waals surface area contributed by atoms with E-state index in [9.17, 15) is 4.79 Å². The van der Waals surface area contributed by atoms with Crippen LogP contribution in [0.3, 0.4) is 0 Å². The number of imidazole rings is 1. The van der Waals surface area contributed by atoms with E-state index in [-0.39, 0.29) is 11.9 Å². The van der Waals surface area contributed by atoms with Crippen molar-refractivity contribution < 1.29 is 4.79 Å². The van der Waals surface area contributed by atoms with Gasteiger partial charge in [0.1, 0.15) is 12.7 Å². The lowest BCUT2D eigenvalue weighted by Crippen LogP contribution is -2.28. The van der Waals surface area contributed by atoms with Gasteiger partial charge in [-0.3, -0.25) is 9.36 Å². The molecule has 2 aromatic heterocycles. The van der Waals surface area contributed by atoms with Crippen molar-refractivity contribution in [3.63, 3.8) is 0 Å². The second kappa shape index (κ2) is 9.18. The maximum Gasteiger partial charge on any atom is 0.230 e. The first-order valence-electron chi connectivity index (χ1n) is 10.00. The standard InChI is InChI=1S/C23H24N6OS/c1-16-5-4-6-21(17(16)2)28-12-11-25-23(28)31-13-22(30)27-18(3)19-7-9-20(10-8-19)29-15-24-14-26-29/h4-12,14-15,18H,13H2,1-3H3,(H,27,30). The molecule has 0 fully saturated rings. The lowest BCUT2D eigenvalue weighted by atomic mass is 10.1. The van der Waals surface area contributed by atoms with Crippen LogP contribution in [0.15, 0.2) is 72.7 Å². The molecule has 31 heavy (non-hydrogen) atoms. The third-order valence-corrected chi connectivity index (χ3v) is 6.20. The maximum atomic E-state index is 12.6. The van der Waals surface area contributed by atoms with Gasteiger partial charge in [0.15, 0.2) is 5.16 Å². The largest absolute Gasteiger partial charge is 0.349 e. The van der Waals surface area contributed by atoms with Crippen molar-refractivity contribution in [2.24, 2.45) is 0 Å². The highest BCUT2D eigenvalue weighted by molar-refractivity contribution is 7.99. The zero-order chi connectivity index (χ0) is 21.8. The number of amides is 1. The molecule has 1 unspecified atom stereocenters. The average Bonchev–Trinajstić information content (AvgIpc) is 3.46. The second-order valence-electron chi connectivity index (χ2n) is 7.31. The summed E-state index contributed by atoms with van der Waals surface area (Å²) in [6, 6.07) is 14.0. The molecule has 1 amide bonds. The molecule has 0 radical (unpaired) electrons. The first-order valence-corrected chi connectivity index (χ1v) is 11.0. The summed E-state index contributed by atoms with van der Waals surface area (Å²) < 4.78 is 3.73. The number of benzene rings is 2. The van der Waals surface area contributed by atoms with E-state index < -0.39 is 0 Å². The van der Waals surface area contributed by atoms with Crippen molar-refractivity contribution in [1.82, 2.24) is 29.6 Å². The Kier molecular flexibility index (Phi) is 6.18. The minimum atomic E-state index is -0.100. The van der Waals surface area contributed by atoms with Gasteiger partial charge in [-0.15, -0.1) is 0 Å². The summed E-state index contributed by atoms with van der Waals surface area (Å²) in [5.41, 5.74) is 5.47. The van der Waals surface area contributed by atoms with Crippen molar-refractivity contribution in [2.75, 3.05) is 5.75 Å². The molecule has 4 aromatic rings. The molecular weight excluding hydrogens is 408 g/mol. The second-order valence-corrected chi connectivity index (χ2v) is 8.25. The number of hydrogen-bond acceptors (Lipinski definition) is 5.